The third-order valence-electron chi connectivity index (χ3n) is 1.06. The molecule has 0 aliphatic heterocycles. The zero-order valence-electron chi connectivity index (χ0n) is 7.50. The Hall–Kier alpha value is -0.720. The first kappa shape index (κ1) is 14.8. The monoisotopic (exact) mass is 212 g/mol. The van der Waals surface area contributed by atoms with E-state index >= 15 is 0 Å². The van der Waals surface area contributed by atoms with Crippen molar-refractivity contribution in [2.75, 3.05) is 14.1 Å². The van der Waals surface area contributed by atoms with Crippen molar-refractivity contribution in [3.05, 3.63) is 0 Å². The highest BCUT2D eigenvalue weighted by atomic mass is 32.3. The van der Waals surface area contributed by atoms with E-state index in [0.717, 1.165) is 0 Å². The molecule has 1 unspecified atom stereocenters. The molecule has 0 heterocycles. The van der Waals surface area contributed by atoms with E-state index in [2.05, 4.69) is 10.4 Å². The van der Waals surface area contributed by atoms with Gasteiger partial charge < -0.3 is 0 Å². The fourth-order valence-electron chi connectivity index (χ4n) is 0.115. The predicted molar refractivity (Wildman–Crippen MR) is 44.0 cm³/mol. The van der Waals surface area contributed by atoms with Crippen LogP contribution in [0.25, 0.3) is 0 Å². The molecule has 0 amide bonds. The Morgan fingerprint density at radius 3 is 1.85 bits per heavy atom. The van der Waals surface area contributed by atoms with Crippen LogP contribution in [0.2, 0.25) is 0 Å². The fraction of sp³-hybridized carbons (Fsp3) is 0.800. The lowest BCUT2D eigenvalue weighted by Gasteiger charge is -2.09. The van der Waals surface area contributed by atoms with Gasteiger partial charge >= 0.3 is 10.4 Å². The first-order valence-corrected chi connectivity index (χ1v) is 4.47. The molecule has 0 saturated heterocycles. The molecule has 2 N–H and O–H groups in total. The zero-order valence-corrected chi connectivity index (χ0v) is 8.32. The van der Waals surface area contributed by atoms with Crippen LogP contribution in [0.15, 0.2) is 0 Å². The molecule has 1 atom stereocenters. The van der Waals surface area contributed by atoms with E-state index in [1.54, 1.807) is 0 Å². The fourth-order valence-corrected chi connectivity index (χ4v) is 0.115. The molecular formula is C5H12N2O5S. The van der Waals surface area contributed by atoms with Crippen LogP contribution in [0.3, 0.4) is 0 Å². The number of hydrogen-bond acceptors (Lipinski definition) is 6. The molecule has 0 aliphatic carbocycles. The van der Waals surface area contributed by atoms with Gasteiger partial charge in [-0.3, -0.25) is 9.45 Å². The van der Waals surface area contributed by atoms with E-state index in [-0.39, 0.29) is 6.04 Å². The van der Waals surface area contributed by atoms with Crippen LogP contribution in [0, 0.1) is 11.3 Å². The van der Waals surface area contributed by atoms with Crippen molar-refractivity contribution in [3.8, 4) is 6.07 Å². The Labute approximate surface area is 77.0 Å². The minimum atomic E-state index is -4.61. The van der Waals surface area contributed by atoms with Crippen molar-refractivity contribution < 1.29 is 22.6 Å². The maximum atomic E-state index is 9.08. The molecule has 0 bridgehead atoms. The lowest BCUT2D eigenvalue weighted by atomic mass is 10.4. The molecule has 0 radical (unpaired) electrons. The maximum absolute atomic E-state index is 9.08. The molecule has 13 heavy (non-hydrogen) atoms. The van der Waals surface area contributed by atoms with Gasteiger partial charge in [0.1, 0.15) is 0 Å². The van der Waals surface area contributed by atoms with Gasteiger partial charge in [-0.1, -0.05) is 4.33 Å². The summed E-state index contributed by atoms with van der Waals surface area (Å²) in [6.45, 7) is 1.86. The summed E-state index contributed by atoms with van der Waals surface area (Å²) < 4.78 is 28.0. The van der Waals surface area contributed by atoms with Crippen molar-refractivity contribution in [2.45, 2.75) is 13.0 Å². The zero-order chi connectivity index (χ0) is 11.1. The summed E-state index contributed by atoms with van der Waals surface area (Å²) in [4.78, 5) is 1.86. The normalized spacial score (nSPS) is 12.7. The standard InChI is InChI=1S/C5H10N2.H2O5S/c1-5(4-6)7(2)3;1-5-6(2,3)4/h5H,1-3H3;1H,(H,2,3,4). The first-order valence-electron chi connectivity index (χ1n) is 3.11. The van der Waals surface area contributed by atoms with Gasteiger partial charge in [-0.05, 0) is 21.0 Å². The van der Waals surface area contributed by atoms with Crippen LogP contribution < -0.4 is 0 Å². The van der Waals surface area contributed by atoms with E-state index in [1.807, 2.05) is 25.9 Å². The van der Waals surface area contributed by atoms with Crippen molar-refractivity contribution in [1.29, 1.82) is 5.26 Å². The molecule has 0 aromatic carbocycles. The van der Waals surface area contributed by atoms with Crippen molar-refractivity contribution in [2.24, 2.45) is 0 Å². The second-order valence-corrected chi connectivity index (χ2v) is 3.28. The minimum Gasteiger partial charge on any atom is -0.294 e. The summed E-state index contributed by atoms with van der Waals surface area (Å²) in [7, 11) is -0.841. The van der Waals surface area contributed by atoms with Gasteiger partial charge in [0.25, 0.3) is 0 Å². The van der Waals surface area contributed by atoms with E-state index in [0.29, 0.717) is 0 Å². The first-order chi connectivity index (χ1) is 5.74. The molecular weight excluding hydrogens is 200 g/mol. The predicted octanol–water partition coefficient (Wildman–Crippen LogP) is -0.261. The maximum Gasteiger partial charge on any atom is 0.423 e. The molecule has 7 nitrogen and oxygen atoms in total. The minimum absolute atomic E-state index is 0.0417. The van der Waals surface area contributed by atoms with Crippen LogP contribution in [-0.4, -0.2) is 43.3 Å². The summed E-state index contributed by atoms with van der Waals surface area (Å²) in [5, 5.41) is 15.3. The van der Waals surface area contributed by atoms with Gasteiger partial charge in [-0.2, -0.15) is 13.7 Å². The van der Waals surface area contributed by atoms with Gasteiger partial charge in [0.2, 0.25) is 0 Å². The highest BCUT2D eigenvalue weighted by molar-refractivity contribution is 7.80. The quantitative estimate of drug-likeness (QED) is 0.368. The summed E-state index contributed by atoms with van der Waals surface area (Å²) in [5.74, 6) is 0. The summed E-state index contributed by atoms with van der Waals surface area (Å²) in [6.07, 6.45) is 0. The summed E-state index contributed by atoms with van der Waals surface area (Å²) in [6, 6.07) is 2.13. The molecule has 0 aromatic rings. The topological polar surface area (TPSA) is 111 Å². The second kappa shape index (κ2) is 6.76. The van der Waals surface area contributed by atoms with Crippen LogP contribution in [0.1, 0.15) is 6.92 Å². The van der Waals surface area contributed by atoms with Gasteiger partial charge in [-0.25, -0.2) is 5.26 Å². The molecule has 0 fully saturated rings. The molecule has 0 aliphatic rings. The molecule has 0 saturated carbocycles. The van der Waals surface area contributed by atoms with Gasteiger partial charge in [-0.15, -0.1) is 0 Å². The molecule has 78 valence electrons. The van der Waals surface area contributed by atoms with Crippen molar-refractivity contribution in [3.63, 3.8) is 0 Å². The molecule has 0 aromatic heterocycles. The van der Waals surface area contributed by atoms with Crippen LogP contribution in [-0.2, 0) is 14.7 Å². The van der Waals surface area contributed by atoms with Crippen LogP contribution in [0.4, 0.5) is 0 Å². The third kappa shape index (κ3) is 14.2. The lowest BCUT2D eigenvalue weighted by Crippen LogP contribution is -2.22. The summed E-state index contributed by atoms with van der Waals surface area (Å²) >= 11 is 0. The van der Waals surface area contributed by atoms with Crippen LogP contribution in [0.5, 0.6) is 0 Å². The second-order valence-electron chi connectivity index (χ2n) is 2.27. The Morgan fingerprint density at radius 2 is 1.85 bits per heavy atom. The van der Waals surface area contributed by atoms with E-state index < -0.39 is 10.4 Å². The lowest BCUT2D eigenvalue weighted by molar-refractivity contribution is -0.139. The summed E-state index contributed by atoms with van der Waals surface area (Å²) in [5.41, 5.74) is 0. The van der Waals surface area contributed by atoms with E-state index in [9.17, 15) is 0 Å². The number of rotatable bonds is 2. The molecule has 8 heteroatoms. The Morgan fingerprint density at radius 1 is 1.54 bits per heavy atom. The SMILES string of the molecule is CC(C#N)N(C)C.O=S(=O)(O)OO. The largest absolute Gasteiger partial charge is 0.423 e. The third-order valence-corrected chi connectivity index (χ3v) is 1.24. The number of nitrogens with zero attached hydrogens (tertiary/aromatic N) is 2. The molecule has 0 spiro atoms. The van der Waals surface area contributed by atoms with Gasteiger partial charge in [0.15, 0.2) is 0 Å². The smallest absolute Gasteiger partial charge is 0.294 e. The number of nitriles is 1. The van der Waals surface area contributed by atoms with Crippen LogP contribution >= 0.6 is 0 Å². The Balaban J connectivity index is 0. The van der Waals surface area contributed by atoms with Gasteiger partial charge in [0.05, 0.1) is 12.1 Å². The van der Waals surface area contributed by atoms with E-state index in [1.165, 1.54) is 0 Å². The average molecular weight is 212 g/mol. The molecule has 0 rings (SSSR count). The van der Waals surface area contributed by atoms with Crippen molar-refractivity contribution >= 4 is 10.4 Å². The average Bonchev–Trinajstić information content (AvgIpc) is 2.02. The number of hydrogen-bond donors (Lipinski definition) is 2. The van der Waals surface area contributed by atoms with Crippen molar-refractivity contribution in [1.82, 2.24) is 4.90 Å². The Bertz CT molecular complexity index is 255. The van der Waals surface area contributed by atoms with E-state index in [4.69, 9.17) is 23.5 Å². The highest BCUT2D eigenvalue weighted by Gasteiger charge is 1.98. The van der Waals surface area contributed by atoms with Gasteiger partial charge in [0, 0.05) is 0 Å². The Kier molecular flexibility index (Phi) is 7.69. The highest BCUT2D eigenvalue weighted by Crippen LogP contribution is 1.84.